The molecule has 174 valence electrons. The van der Waals surface area contributed by atoms with Crippen LogP contribution in [0.2, 0.25) is 0 Å². The Morgan fingerprint density at radius 3 is 2.31 bits per heavy atom. The van der Waals surface area contributed by atoms with Crippen molar-refractivity contribution in [2.75, 3.05) is 37.0 Å². The minimum Gasteiger partial charge on any atom is -0.354 e. The molecule has 7 heteroatoms. The molecule has 1 aliphatic heterocycles. The summed E-state index contributed by atoms with van der Waals surface area (Å²) in [5.74, 6) is -0.293. The molecule has 1 fully saturated rings. The highest BCUT2D eigenvalue weighted by Crippen LogP contribution is 2.25. The third-order valence-corrected chi connectivity index (χ3v) is 7.86. The van der Waals surface area contributed by atoms with Crippen LogP contribution in [0.5, 0.6) is 0 Å². The Bertz CT molecular complexity index is 985. The van der Waals surface area contributed by atoms with E-state index in [0.29, 0.717) is 12.2 Å². The largest absolute Gasteiger partial charge is 0.354 e. The number of nitrogens with one attached hydrogen (secondary N) is 1. The molecule has 1 N–H and O–H groups in total. The van der Waals surface area contributed by atoms with Crippen molar-refractivity contribution in [3.8, 4) is 0 Å². The van der Waals surface area contributed by atoms with Crippen LogP contribution in [0.4, 0.5) is 5.69 Å². The zero-order valence-electron chi connectivity index (χ0n) is 19.2. The standard InChI is InChI=1S/C25H35N3O3S/c1-21-13-14-23(19-22(21)2)28(32(30,31)24-11-6-5-7-12-24)20-25(29)26-15-10-18-27-16-8-3-4-9-17-27/h5-7,11-14,19H,3-4,8-10,15-18,20H2,1-2H3,(H,26,29). The van der Waals surface area contributed by atoms with Crippen molar-refractivity contribution in [1.29, 1.82) is 0 Å². The van der Waals surface area contributed by atoms with Gasteiger partial charge in [-0.05, 0) is 88.1 Å². The first kappa shape index (κ1) is 24.3. The SMILES string of the molecule is Cc1ccc(N(CC(=O)NCCCN2CCCCCC2)S(=O)(=O)c2ccccc2)cc1C. The highest BCUT2D eigenvalue weighted by Gasteiger charge is 2.27. The second-order valence-corrected chi connectivity index (χ2v) is 10.4. The van der Waals surface area contributed by atoms with Crippen molar-refractivity contribution < 1.29 is 13.2 Å². The third kappa shape index (κ3) is 6.56. The van der Waals surface area contributed by atoms with Gasteiger partial charge >= 0.3 is 0 Å². The van der Waals surface area contributed by atoms with Crippen molar-refractivity contribution in [2.24, 2.45) is 0 Å². The summed E-state index contributed by atoms with van der Waals surface area (Å²) < 4.78 is 28.0. The zero-order valence-corrected chi connectivity index (χ0v) is 20.0. The highest BCUT2D eigenvalue weighted by molar-refractivity contribution is 7.92. The summed E-state index contributed by atoms with van der Waals surface area (Å²) in [5.41, 5.74) is 2.55. The van der Waals surface area contributed by atoms with Crippen LogP contribution in [0, 0.1) is 13.8 Å². The van der Waals surface area contributed by atoms with Gasteiger partial charge in [-0.1, -0.05) is 37.1 Å². The second-order valence-electron chi connectivity index (χ2n) is 8.55. The van der Waals surface area contributed by atoms with Crippen LogP contribution in [0.25, 0.3) is 0 Å². The molecule has 1 saturated heterocycles. The van der Waals surface area contributed by atoms with Gasteiger partial charge in [0.25, 0.3) is 10.0 Å². The number of carbonyl (C=O) groups excluding carboxylic acids is 1. The number of benzene rings is 2. The van der Waals surface area contributed by atoms with E-state index in [4.69, 9.17) is 0 Å². The van der Waals surface area contributed by atoms with Crippen LogP contribution >= 0.6 is 0 Å². The van der Waals surface area contributed by atoms with Crippen LogP contribution in [-0.4, -0.2) is 51.9 Å². The number of carbonyl (C=O) groups is 1. The van der Waals surface area contributed by atoms with E-state index in [1.54, 1.807) is 36.4 Å². The Labute approximate surface area is 192 Å². The van der Waals surface area contributed by atoms with Crippen molar-refractivity contribution in [2.45, 2.75) is 50.8 Å². The lowest BCUT2D eigenvalue weighted by molar-refractivity contribution is -0.119. The molecule has 1 heterocycles. The Kier molecular flexibility index (Phi) is 8.70. The Morgan fingerprint density at radius 1 is 0.969 bits per heavy atom. The summed E-state index contributed by atoms with van der Waals surface area (Å²) in [6.07, 6.45) is 5.96. The molecule has 3 rings (SSSR count). The minimum atomic E-state index is -3.87. The van der Waals surface area contributed by atoms with Gasteiger partial charge in [0.05, 0.1) is 10.6 Å². The summed E-state index contributed by atoms with van der Waals surface area (Å²) in [6, 6.07) is 13.7. The lowest BCUT2D eigenvalue weighted by Crippen LogP contribution is -2.41. The molecular formula is C25H35N3O3S. The predicted molar refractivity (Wildman–Crippen MR) is 129 cm³/mol. The average Bonchev–Trinajstić information content (AvgIpc) is 3.06. The van der Waals surface area contributed by atoms with Crippen molar-refractivity contribution in [1.82, 2.24) is 10.2 Å². The zero-order chi connectivity index (χ0) is 23.0. The Hall–Kier alpha value is -2.38. The monoisotopic (exact) mass is 457 g/mol. The van der Waals surface area contributed by atoms with Gasteiger partial charge in [0.15, 0.2) is 0 Å². The van der Waals surface area contributed by atoms with Crippen molar-refractivity contribution >= 4 is 21.6 Å². The first-order chi connectivity index (χ1) is 15.4. The van der Waals surface area contributed by atoms with Gasteiger partial charge in [-0.3, -0.25) is 9.10 Å². The van der Waals surface area contributed by atoms with E-state index in [1.165, 1.54) is 30.0 Å². The fourth-order valence-corrected chi connectivity index (χ4v) is 5.43. The number of anilines is 1. The summed E-state index contributed by atoms with van der Waals surface area (Å²) >= 11 is 0. The molecular weight excluding hydrogens is 422 g/mol. The normalized spacial score (nSPS) is 15.2. The number of hydrogen-bond acceptors (Lipinski definition) is 4. The molecule has 0 unspecified atom stereocenters. The first-order valence-electron chi connectivity index (χ1n) is 11.5. The van der Waals surface area contributed by atoms with E-state index < -0.39 is 10.0 Å². The molecule has 0 atom stereocenters. The molecule has 0 aliphatic carbocycles. The molecule has 32 heavy (non-hydrogen) atoms. The number of amides is 1. The van der Waals surface area contributed by atoms with E-state index in [9.17, 15) is 13.2 Å². The van der Waals surface area contributed by atoms with Crippen molar-refractivity contribution in [3.63, 3.8) is 0 Å². The quantitative estimate of drug-likeness (QED) is 0.580. The molecule has 0 aromatic heterocycles. The summed E-state index contributed by atoms with van der Waals surface area (Å²) in [7, 11) is -3.87. The smallest absolute Gasteiger partial charge is 0.264 e. The summed E-state index contributed by atoms with van der Waals surface area (Å²) in [4.78, 5) is 15.4. The number of aryl methyl sites for hydroxylation is 2. The van der Waals surface area contributed by atoms with Crippen LogP contribution in [-0.2, 0) is 14.8 Å². The van der Waals surface area contributed by atoms with Gasteiger partial charge in [-0.25, -0.2) is 8.42 Å². The van der Waals surface area contributed by atoms with Gasteiger partial charge in [0, 0.05) is 6.54 Å². The van der Waals surface area contributed by atoms with Crippen molar-refractivity contribution in [3.05, 3.63) is 59.7 Å². The molecule has 2 aromatic carbocycles. The van der Waals surface area contributed by atoms with E-state index in [0.717, 1.165) is 37.2 Å². The van der Waals surface area contributed by atoms with Gasteiger partial charge in [-0.15, -0.1) is 0 Å². The summed E-state index contributed by atoms with van der Waals surface area (Å²) in [6.45, 7) is 7.43. The maximum absolute atomic E-state index is 13.4. The Morgan fingerprint density at radius 2 is 1.66 bits per heavy atom. The fourth-order valence-electron chi connectivity index (χ4n) is 3.99. The van der Waals surface area contributed by atoms with E-state index in [-0.39, 0.29) is 17.3 Å². The van der Waals surface area contributed by atoms with Gasteiger partial charge < -0.3 is 10.2 Å². The highest BCUT2D eigenvalue weighted by atomic mass is 32.2. The third-order valence-electron chi connectivity index (χ3n) is 6.07. The number of sulfonamides is 1. The molecule has 0 radical (unpaired) electrons. The summed E-state index contributed by atoms with van der Waals surface area (Å²) in [5, 5.41) is 2.92. The average molecular weight is 458 g/mol. The molecule has 2 aromatic rings. The molecule has 1 aliphatic rings. The number of likely N-dealkylation sites (tertiary alicyclic amines) is 1. The maximum Gasteiger partial charge on any atom is 0.264 e. The number of rotatable bonds is 9. The first-order valence-corrected chi connectivity index (χ1v) is 13.0. The molecule has 0 saturated carbocycles. The van der Waals surface area contributed by atoms with E-state index in [1.807, 2.05) is 26.0 Å². The molecule has 1 amide bonds. The molecule has 0 spiro atoms. The number of nitrogens with zero attached hydrogens (tertiary/aromatic N) is 2. The van der Waals surface area contributed by atoms with Crippen LogP contribution in [0.3, 0.4) is 0 Å². The van der Waals surface area contributed by atoms with E-state index >= 15 is 0 Å². The van der Waals surface area contributed by atoms with E-state index in [2.05, 4.69) is 10.2 Å². The molecule has 6 nitrogen and oxygen atoms in total. The maximum atomic E-state index is 13.4. The van der Waals surface area contributed by atoms with Crippen LogP contribution < -0.4 is 9.62 Å². The van der Waals surface area contributed by atoms with Crippen LogP contribution in [0.1, 0.15) is 43.2 Å². The molecule has 0 bridgehead atoms. The van der Waals surface area contributed by atoms with Gasteiger partial charge in [0.2, 0.25) is 5.91 Å². The fraction of sp³-hybridized carbons (Fsp3) is 0.480. The van der Waals surface area contributed by atoms with Gasteiger partial charge in [0.1, 0.15) is 6.54 Å². The minimum absolute atomic E-state index is 0.173. The lowest BCUT2D eigenvalue weighted by Gasteiger charge is -2.25. The second kappa shape index (κ2) is 11.5. The Balaban J connectivity index is 1.67. The van der Waals surface area contributed by atoms with Gasteiger partial charge in [-0.2, -0.15) is 0 Å². The topological polar surface area (TPSA) is 69.7 Å². The number of hydrogen-bond donors (Lipinski definition) is 1. The van der Waals surface area contributed by atoms with Crippen LogP contribution in [0.15, 0.2) is 53.4 Å². The predicted octanol–water partition coefficient (Wildman–Crippen LogP) is 3.88. The lowest BCUT2D eigenvalue weighted by atomic mass is 10.1.